The lowest BCUT2D eigenvalue weighted by Crippen LogP contribution is -2.33. The predicted octanol–water partition coefficient (Wildman–Crippen LogP) is 2.09. The van der Waals surface area contributed by atoms with Crippen LogP contribution in [0.4, 0.5) is 0 Å². The van der Waals surface area contributed by atoms with Gasteiger partial charge >= 0.3 is 0 Å². The van der Waals surface area contributed by atoms with Crippen molar-refractivity contribution in [3.63, 3.8) is 0 Å². The van der Waals surface area contributed by atoms with Crippen molar-refractivity contribution in [2.45, 2.75) is 45.1 Å². The van der Waals surface area contributed by atoms with Crippen LogP contribution in [0.15, 0.2) is 12.2 Å². The van der Waals surface area contributed by atoms with Crippen LogP contribution in [0.25, 0.3) is 0 Å². The molecule has 0 saturated heterocycles. The smallest absolute Gasteiger partial charge is 0.0434 e. The molecular weight excluding hydrogens is 174 g/mol. The molecule has 0 spiro atoms. The van der Waals surface area contributed by atoms with Crippen LogP contribution in [0.3, 0.4) is 0 Å². The first kappa shape index (κ1) is 11.7. The van der Waals surface area contributed by atoms with Crippen LogP contribution in [0, 0.1) is 5.92 Å². The maximum atomic E-state index is 8.86. The molecule has 0 amide bonds. The quantitative estimate of drug-likeness (QED) is 0.639. The average Bonchev–Trinajstić information content (AvgIpc) is 2.25. The lowest BCUT2D eigenvalue weighted by Gasteiger charge is -2.21. The van der Waals surface area contributed by atoms with Gasteiger partial charge in [-0.1, -0.05) is 25.5 Å². The molecule has 0 aliphatic heterocycles. The summed E-state index contributed by atoms with van der Waals surface area (Å²) in [6.45, 7) is 3.56. The molecule has 1 rings (SSSR count). The van der Waals surface area contributed by atoms with Crippen molar-refractivity contribution >= 4 is 0 Å². The third-order valence-corrected chi connectivity index (χ3v) is 3.04. The van der Waals surface area contributed by atoms with Gasteiger partial charge in [0.15, 0.2) is 0 Å². The van der Waals surface area contributed by atoms with Gasteiger partial charge in [-0.05, 0) is 38.1 Å². The fourth-order valence-corrected chi connectivity index (χ4v) is 1.93. The molecule has 14 heavy (non-hydrogen) atoms. The summed E-state index contributed by atoms with van der Waals surface area (Å²) in [6, 6.07) is 0.580. The molecule has 0 aromatic carbocycles. The van der Waals surface area contributed by atoms with E-state index >= 15 is 0 Å². The molecular formula is C12H23NO. The molecule has 1 aliphatic carbocycles. The number of hydrogen-bond acceptors (Lipinski definition) is 2. The van der Waals surface area contributed by atoms with E-state index in [0.29, 0.717) is 18.6 Å². The SMILES string of the molecule is CCC(CCO)CNC1C=CCCC1. The summed E-state index contributed by atoms with van der Waals surface area (Å²) in [5.41, 5.74) is 0. The van der Waals surface area contributed by atoms with Gasteiger partial charge < -0.3 is 10.4 Å². The first-order chi connectivity index (χ1) is 6.86. The molecule has 0 fully saturated rings. The van der Waals surface area contributed by atoms with Crippen LogP contribution in [0.5, 0.6) is 0 Å². The van der Waals surface area contributed by atoms with Gasteiger partial charge in [-0.25, -0.2) is 0 Å². The Morgan fingerprint density at radius 1 is 1.57 bits per heavy atom. The Balaban J connectivity index is 2.16. The van der Waals surface area contributed by atoms with Gasteiger partial charge in [0.25, 0.3) is 0 Å². The summed E-state index contributed by atoms with van der Waals surface area (Å²) in [7, 11) is 0. The van der Waals surface area contributed by atoms with Crippen molar-refractivity contribution in [2.75, 3.05) is 13.2 Å². The highest BCUT2D eigenvalue weighted by molar-refractivity contribution is 4.97. The van der Waals surface area contributed by atoms with E-state index in [9.17, 15) is 0 Å². The van der Waals surface area contributed by atoms with Gasteiger partial charge in [0.2, 0.25) is 0 Å². The largest absolute Gasteiger partial charge is 0.396 e. The Labute approximate surface area is 87.4 Å². The van der Waals surface area contributed by atoms with E-state index in [1.54, 1.807) is 0 Å². The number of aliphatic hydroxyl groups is 1. The van der Waals surface area contributed by atoms with Gasteiger partial charge in [0.1, 0.15) is 0 Å². The van der Waals surface area contributed by atoms with E-state index in [-0.39, 0.29) is 0 Å². The van der Waals surface area contributed by atoms with Gasteiger partial charge in [0.05, 0.1) is 0 Å². The summed E-state index contributed by atoms with van der Waals surface area (Å²) < 4.78 is 0. The van der Waals surface area contributed by atoms with Crippen LogP contribution >= 0.6 is 0 Å². The molecule has 2 N–H and O–H groups in total. The summed E-state index contributed by atoms with van der Waals surface area (Å²) in [4.78, 5) is 0. The van der Waals surface area contributed by atoms with E-state index in [2.05, 4.69) is 24.4 Å². The minimum Gasteiger partial charge on any atom is -0.396 e. The van der Waals surface area contributed by atoms with Crippen molar-refractivity contribution in [3.05, 3.63) is 12.2 Å². The van der Waals surface area contributed by atoms with E-state index in [1.807, 2.05) is 0 Å². The zero-order valence-electron chi connectivity index (χ0n) is 9.21. The molecule has 2 nitrogen and oxygen atoms in total. The van der Waals surface area contributed by atoms with E-state index in [1.165, 1.54) is 19.3 Å². The Morgan fingerprint density at radius 3 is 3.00 bits per heavy atom. The third-order valence-electron chi connectivity index (χ3n) is 3.04. The standard InChI is InChI=1S/C12H23NO/c1-2-11(8-9-14)10-13-12-6-4-3-5-7-12/h4,6,11-14H,2-3,5,7-10H2,1H3. The lowest BCUT2D eigenvalue weighted by atomic mass is 9.99. The predicted molar refractivity (Wildman–Crippen MR) is 60.3 cm³/mol. The maximum absolute atomic E-state index is 8.86. The monoisotopic (exact) mass is 197 g/mol. The first-order valence-corrected chi connectivity index (χ1v) is 5.87. The normalized spacial score (nSPS) is 23.7. The highest BCUT2D eigenvalue weighted by Gasteiger charge is 2.10. The maximum Gasteiger partial charge on any atom is 0.0434 e. The van der Waals surface area contributed by atoms with Crippen molar-refractivity contribution in [3.8, 4) is 0 Å². The van der Waals surface area contributed by atoms with Crippen molar-refractivity contribution in [1.29, 1.82) is 0 Å². The zero-order chi connectivity index (χ0) is 10.2. The Morgan fingerprint density at radius 2 is 2.43 bits per heavy atom. The minimum atomic E-state index is 0.320. The van der Waals surface area contributed by atoms with Crippen molar-refractivity contribution in [2.24, 2.45) is 5.92 Å². The first-order valence-electron chi connectivity index (χ1n) is 5.87. The van der Waals surface area contributed by atoms with E-state index < -0.39 is 0 Å². The fourth-order valence-electron chi connectivity index (χ4n) is 1.93. The van der Waals surface area contributed by atoms with Crippen LogP contribution in [0.2, 0.25) is 0 Å². The number of aliphatic hydroxyl groups excluding tert-OH is 1. The van der Waals surface area contributed by atoms with Gasteiger partial charge in [0, 0.05) is 12.6 Å². The molecule has 0 radical (unpaired) electrons. The Hall–Kier alpha value is -0.340. The topological polar surface area (TPSA) is 32.3 Å². The summed E-state index contributed by atoms with van der Waals surface area (Å²) in [5.74, 6) is 0.635. The molecule has 2 heteroatoms. The van der Waals surface area contributed by atoms with E-state index in [4.69, 9.17) is 5.11 Å². The van der Waals surface area contributed by atoms with Crippen LogP contribution in [0.1, 0.15) is 39.0 Å². The lowest BCUT2D eigenvalue weighted by molar-refractivity contribution is 0.249. The number of allylic oxidation sites excluding steroid dienone is 1. The highest BCUT2D eigenvalue weighted by Crippen LogP contribution is 2.12. The summed E-state index contributed by atoms with van der Waals surface area (Å²) in [6.07, 6.45) is 10.5. The molecule has 0 bridgehead atoms. The Kier molecular flexibility index (Phi) is 5.88. The minimum absolute atomic E-state index is 0.320. The zero-order valence-corrected chi connectivity index (χ0v) is 9.21. The molecule has 2 atom stereocenters. The highest BCUT2D eigenvalue weighted by atomic mass is 16.3. The van der Waals surface area contributed by atoms with Crippen molar-refractivity contribution in [1.82, 2.24) is 5.32 Å². The summed E-state index contributed by atoms with van der Waals surface area (Å²) >= 11 is 0. The Bertz CT molecular complexity index is 168. The second-order valence-electron chi connectivity index (χ2n) is 4.16. The average molecular weight is 197 g/mol. The molecule has 0 saturated carbocycles. The second-order valence-corrected chi connectivity index (χ2v) is 4.16. The third kappa shape index (κ3) is 4.25. The number of nitrogens with one attached hydrogen (secondary N) is 1. The van der Waals surface area contributed by atoms with Gasteiger partial charge in [-0.2, -0.15) is 0 Å². The number of rotatable bonds is 6. The molecule has 1 aliphatic rings. The second kappa shape index (κ2) is 7.02. The summed E-state index contributed by atoms with van der Waals surface area (Å²) in [5, 5.41) is 12.4. The van der Waals surface area contributed by atoms with Gasteiger partial charge in [-0.15, -0.1) is 0 Å². The molecule has 0 aromatic heterocycles. The molecule has 0 heterocycles. The number of hydrogen-bond donors (Lipinski definition) is 2. The van der Waals surface area contributed by atoms with E-state index in [0.717, 1.165) is 19.4 Å². The van der Waals surface area contributed by atoms with Gasteiger partial charge in [-0.3, -0.25) is 0 Å². The van der Waals surface area contributed by atoms with Crippen LogP contribution in [-0.2, 0) is 0 Å². The van der Waals surface area contributed by atoms with Crippen LogP contribution < -0.4 is 5.32 Å². The molecule has 2 unspecified atom stereocenters. The van der Waals surface area contributed by atoms with Crippen molar-refractivity contribution < 1.29 is 5.11 Å². The molecule has 82 valence electrons. The van der Waals surface area contributed by atoms with Crippen LogP contribution in [-0.4, -0.2) is 24.3 Å². The fraction of sp³-hybridized carbons (Fsp3) is 0.833. The molecule has 0 aromatic rings.